The minimum Gasteiger partial charge on any atom is -0.344 e. The summed E-state index contributed by atoms with van der Waals surface area (Å²) in [5.41, 5.74) is 0.719. The average molecular weight is 429 g/mol. The first kappa shape index (κ1) is 20.6. The lowest BCUT2D eigenvalue weighted by Gasteiger charge is -2.18. The van der Waals surface area contributed by atoms with Gasteiger partial charge in [0, 0.05) is 19.5 Å². The summed E-state index contributed by atoms with van der Waals surface area (Å²) in [6.07, 6.45) is -1.62. The number of carbonyl (C=O) groups excluding carboxylic acids is 2. The third kappa shape index (κ3) is 4.00. The molecule has 0 spiro atoms. The Balaban J connectivity index is 1.61. The van der Waals surface area contributed by atoms with Crippen LogP contribution in [0.25, 0.3) is 5.69 Å². The van der Waals surface area contributed by atoms with Crippen molar-refractivity contribution in [1.82, 2.24) is 19.7 Å². The van der Waals surface area contributed by atoms with E-state index in [1.54, 1.807) is 31.3 Å². The van der Waals surface area contributed by atoms with E-state index >= 15 is 0 Å². The van der Waals surface area contributed by atoms with Crippen molar-refractivity contribution in [2.45, 2.75) is 12.1 Å². The molecule has 1 aliphatic heterocycles. The number of para-hydroxylation sites is 2. The lowest BCUT2D eigenvalue weighted by Crippen LogP contribution is -2.33. The fraction of sp³-hybridized carbons (Fsp3) is 0.238. The highest BCUT2D eigenvalue weighted by Gasteiger charge is 2.44. The van der Waals surface area contributed by atoms with Gasteiger partial charge in [-0.05, 0) is 29.8 Å². The Labute approximate surface area is 175 Å². The Kier molecular flexibility index (Phi) is 5.22. The van der Waals surface area contributed by atoms with E-state index in [2.05, 4.69) is 15.4 Å². The average Bonchev–Trinajstić information content (AvgIpc) is 3.37. The number of alkyl halides is 3. The first-order chi connectivity index (χ1) is 14.8. The molecule has 1 saturated heterocycles. The molecule has 160 valence electrons. The topological polar surface area (TPSA) is 80.1 Å². The van der Waals surface area contributed by atoms with Crippen molar-refractivity contribution in [3.05, 3.63) is 72.3 Å². The maximum Gasteiger partial charge on any atom is 0.416 e. The van der Waals surface area contributed by atoms with Crippen molar-refractivity contribution in [2.24, 2.45) is 5.92 Å². The number of rotatable bonds is 4. The van der Waals surface area contributed by atoms with Crippen molar-refractivity contribution in [2.75, 3.05) is 18.9 Å². The summed E-state index contributed by atoms with van der Waals surface area (Å²) in [7, 11) is 1.57. The van der Waals surface area contributed by atoms with Crippen molar-refractivity contribution in [1.29, 1.82) is 0 Å². The second-order valence-electron chi connectivity index (χ2n) is 7.27. The summed E-state index contributed by atoms with van der Waals surface area (Å²) < 4.78 is 40.1. The van der Waals surface area contributed by atoms with E-state index in [0.717, 1.165) is 12.1 Å². The molecule has 0 bridgehead atoms. The van der Waals surface area contributed by atoms with Gasteiger partial charge in [-0.15, -0.1) is 0 Å². The molecule has 7 nitrogen and oxygen atoms in total. The third-order valence-corrected chi connectivity index (χ3v) is 5.29. The van der Waals surface area contributed by atoms with Gasteiger partial charge >= 0.3 is 6.18 Å². The van der Waals surface area contributed by atoms with Crippen LogP contribution >= 0.6 is 0 Å². The number of amides is 2. The zero-order chi connectivity index (χ0) is 22.2. The van der Waals surface area contributed by atoms with E-state index in [4.69, 9.17) is 0 Å². The van der Waals surface area contributed by atoms with Crippen molar-refractivity contribution >= 4 is 17.5 Å². The van der Waals surface area contributed by atoms with Gasteiger partial charge in [-0.2, -0.15) is 18.3 Å². The molecular formula is C21H18F3N5O2. The van der Waals surface area contributed by atoms with Gasteiger partial charge in [-0.25, -0.2) is 9.67 Å². The maximum atomic E-state index is 13.1. The predicted molar refractivity (Wildman–Crippen MR) is 105 cm³/mol. The van der Waals surface area contributed by atoms with Crippen molar-refractivity contribution in [3.63, 3.8) is 0 Å². The molecule has 1 N–H and O–H groups in total. The molecule has 2 amide bonds. The van der Waals surface area contributed by atoms with E-state index in [9.17, 15) is 22.8 Å². The number of nitrogens with one attached hydrogen (secondary N) is 1. The zero-order valence-corrected chi connectivity index (χ0v) is 16.4. The molecule has 4 rings (SSSR count). The predicted octanol–water partition coefficient (Wildman–Crippen LogP) is 3.10. The summed E-state index contributed by atoms with van der Waals surface area (Å²) in [5, 5.41) is 6.83. The highest BCUT2D eigenvalue weighted by molar-refractivity contribution is 6.09. The van der Waals surface area contributed by atoms with Gasteiger partial charge in [0.25, 0.3) is 0 Å². The van der Waals surface area contributed by atoms with Crippen LogP contribution < -0.4 is 5.32 Å². The maximum absolute atomic E-state index is 13.1. The molecule has 10 heteroatoms. The van der Waals surface area contributed by atoms with E-state index in [1.807, 2.05) is 0 Å². The Morgan fingerprint density at radius 3 is 2.48 bits per heavy atom. The van der Waals surface area contributed by atoms with E-state index in [0.29, 0.717) is 16.9 Å². The van der Waals surface area contributed by atoms with Gasteiger partial charge in [0.15, 0.2) is 0 Å². The number of likely N-dealkylation sites (N-methyl/N-ethyl adjacent to an activating group) is 1. The number of carbonyl (C=O) groups is 2. The number of hydrogen-bond donors (Lipinski definition) is 1. The molecule has 31 heavy (non-hydrogen) atoms. The first-order valence-corrected chi connectivity index (χ1v) is 9.42. The fourth-order valence-corrected chi connectivity index (χ4v) is 3.73. The number of hydrogen-bond acceptors (Lipinski definition) is 4. The van der Waals surface area contributed by atoms with Gasteiger partial charge in [-0.3, -0.25) is 9.59 Å². The zero-order valence-electron chi connectivity index (χ0n) is 16.4. The lowest BCUT2D eigenvalue weighted by molar-refractivity contribution is -0.138. The molecule has 2 heterocycles. The van der Waals surface area contributed by atoms with Crippen molar-refractivity contribution < 1.29 is 22.8 Å². The van der Waals surface area contributed by atoms with E-state index < -0.39 is 29.5 Å². The minimum absolute atomic E-state index is 0.229. The fourth-order valence-electron chi connectivity index (χ4n) is 3.73. The SMILES string of the molecule is CN1C[C@H](c2ccc(C(F)(F)F)cc2)[C@@H](C(=O)Nc2ccccc2-n2cncn2)C1=O. The standard InChI is InChI=1S/C21H18F3N5O2/c1-28-10-15(13-6-8-14(9-7-13)21(22,23)24)18(20(28)31)19(30)27-16-4-2-3-5-17(16)29-12-25-11-26-29/h2-9,11-12,15,18H,10H2,1H3,(H,27,30)/t15-,18+/m1/s1. The molecule has 0 aliphatic carbocycles. The Bertz CT molecular complexity index is 1100. The van der Waals surface area contributed by atoms with Crippen LogP contribution in [0.2, 0.25) is 0 Å². The smallest absolute Gasteiger partial charge is 0.344 e. The number of halogens is 3. The Morgan fingerprint density at radius 1 is 1.13 bits per heavy atom. The second-order valence-corrected chi connectivity index (χ2v) is 7.27. The highest BCUT2D eigenvalue weighted by atomic mass is 19.4. The molecular weight excluding hydrogens is 411 g/mol. The molecule has 1 aromatic heterocycles. The molecule has 1 aliphatic rings. The Morgan fingerprint density at radius 2 is 1.84 bits per heavy atom. The van der Waals surface area contributed by atoms with Crippen LogP contribution in [0.4, 0.5) is 18.9 Å². The monoisotopic (exact) mass is 429 g/mol. The van der Waals surface area contributed by atoms with Crippen LogP contribution in [0.3, 0.4) is 0 Å². The summed E-state index contributed by atoms with van der Waals surface area (Å²) in [6, 6.07) is 11.5. The molecule has 0 unspecified atom stereocenters. The van der Waals surface area contributed by atoms with Gasteiger partial charge in [0.2, 0.25) is 11.8 Å². The van der Waals surface area contributed by atoms with Gasteiger partial charge in [-0.1, -0.05) is 24.3 Å². The number of anilines is 1. The van der Waals surface area contributed by atoms with Crippen molar-refractivity contribution in [3.8, 4) is 5.69 Å². The molecule has 0 saturated carbocycles. The quantitative estimate of drug-likeness (QED) is 0.647. The molecule has 2 atom stereocenters. The number of nitrogens with zero attached hydrogens (tertiary/aromatic N) is 4. The number of aromatic nitrogens is 3. The third-order valence-electron chi connectivity index (χ3n) is 5.29. The molecule has 3 aromatic rings. The van der Waals surface area contributed by atoms with Crippen LogP contribution in [0, 0.1) is 5.92 Å². The van der Waals surface area contributed by atoms with Crippen LogP contribution in [-0.2, 0) is 15.8 Å². The first-order valence-electron chi connectivity index (χ1n) is 9.42. The normalized spacial score (nSPS) is 19.0. The van der Waals surface area contributed by atoms with E-state index in [-0.39, 0.29) is 12.5 Å². The molecule has 0 radical (unpaired) electrons. The Hall–Kier alpha value is -3.69. The van der Waals surface area contributed by atoms with Gasteiger partial charge in [0.1, 0.15) is 18.6 Å². The summed E-state index contributed by atoms with van der Waals surface area (Å²) in [5.74, 6) is -2.56. The number of likely N-dealkylation sites (tertiary alicyclic amines) is 1. The van der Waals surface area contributed by atoms with Gasteiger partial charge in [0.05, 0.1) is 16.9 Å². The van der Waals surface area contributed by atoms with Crippen LogP contribution in [0.1, 0.15) is 17.0 Å². The van der Waals surface area contributed by atoms with Gasteiger partial charge < -0.3 is 10.2 Å². The summed E-state index contributed by atoms with van der Waals surface area (Å²) in [4.78, 5) is 31.1. The van der Waals surface area contributed by atoms with Crippen LogP contribution in [-0.4, -0.2) is 45.1 Å². The van der Waals surface area contributed by atoms with Crippen LogP contribution in [0.5, 0.6) is 0 Å². The molecule has 2 aromatic carbocycles. The largest absolute Gasteiger partial charge is 0.416 e. The second kappa shape index (κ2) is 7.86. The summed E-state index contributed by atoms with van der Waals surface area (Å²) in [6.45, 7) is 0.229. The summed E-state index contributed by atoms with van der Waals surface area (Å²) >= 11 is 0. The van der Waals surface area contributed by atoms with Crippen LogP contribution in [0.15, 0.2) is 61.2 Å². The lowest BCUT2D eigenvalue weighted by atomic mass is 9.87. The minimum atomic E-state index is -4.46. The highest BCUT2D eigenvalue weighted by Crippen LogP contribution is 2.36. The number of benzene rings is 2. The molecule has 1 fully saturated rings. The van der Waals surface area contributed by atoms with E-state index in [1.165, 1.54) is 34.4 Å².